The molecule has 0 saturated carbocycles. The summed E-state index contributed by atoms with van der Waals surface area (Å²) < 4.78 is 5.22. The quantitative estimate of drug-likeness (QED) is 0.730. The van der Waals surface area contributed by atoms with Crippen molar-refractivity contribution < 1.29 is 23.9 Å². The Morgan fingerprint density at radius 1 is 1.03 bits per heavy atom. The van der Waals surface area contributed by atoms with Gasteiger partial charge in [0.1, 0.15) is 5.75 Å². The van der Waals surface area contributed by atoms with E-state index in [1.165, 1.54) is 14.0 Å². The van der Waals surface area contributed by atoms with E-state index in [1.54, 1.807) is 28.9 Å². The number of carbonyl (C=O) groups is 4. The lowest BCUT2D eigenvalue weighted by Crippen LogP contribution is -2.50. The van der Waals surface area contributed by atoms with Crippen LogP contribution in [0.1, 0.15) is 47.3 Å². The standard InChI is InChI=1S/C25H27N3O5/c1-16(29)26-24(32)25(2,11-22(30)27-12-17-6-4-5-7-18(17)13-27)15-28-14-19-8-9-20(33-3)10-21(19)23(28)31/h4-10H,11-15H2,1-3H3,(H,26,29,32). The van der Waals surface area contributed by atoms with Gasteiger partial charge in [-0.3, -0.25) is 24.5 Å². The number of nitrogens with one attached hydrogen (secondary N) is 1. The molecular weight excluding hydrogens is 422 g/mol. The maximum absolute atomic E-state index is 13.2. The molecule has 2 aromatic carbocycles. The highest BCUT2D eigenvalue weighted by atomic mass is 16.5. The van der Waals surface area contributed by atoms with Gasteiger partial charge >= 0.3 is 0 Å². The second-order valence-electron chi connectivity index (χ2n) is 8.95. The van der Waals surface area contributed by atoms with E-state index < -0.39 is 17.2 Å². The summed E-state index contributed by atoms with van der Waals surface area (Å²) in [5, 5.41) is 2.32. The highest BCUT2D eigenvalue weighted by molar-refractivity contribution is 6.01. The monoisotopic (exact) mass is 449 g/mol. The second kappa shape index (κ2) is 8.69. The summed E-state index contributed by atoms with van der Waals surface area (Å²) in [6.45, 7) is 4.17. The van der Waals surface area contributed by atoms with Crippen LogP contribution in [0.5, 0.6) is 5.75 Å². The molecule has 0 saturated heterocycles. The fraction of sp³-hybridized carbons (Fsp3) is 0.360. The summed E-state index contributed by atoms with van der Waals surface area (Å²) in [6.07, 6.45) is -0.121. The minimum absolute atomic E-state index is 0.00840. The Bertz CT molecular complexity index is 1120. The molecule has 4 rings (SSSR count). The van der Waals surface area contributed by atoms with Crippen LogP contribution in [0.15, 0.2) is 42.5 Å². The van der Waals surface area contributed by atoms with Gasteiger partial charge in [0.05, 0.1) is 12.5 Å². The van der Waals surface area contributed by atoms with Gasteiger partial charge in [-0.2, -0.15) is 0 Å². The molecular formula is C25H27N3O5. The molecule has 4 amide bonds. The summed E-state index contributed by atoms with van der Waals surface area (Å²) in [5.74, 6) is -0.927. The number of rotatable bonds is 6. The molecule has 2 aliphatic heterocycles. The summed E-state index contributed by atoms with van der Waals surface area (Å²) in [5.41, 5.74) is 2.24. The Balaban J connectivity index is 1.54. The number of methoxy groups -OCH3 is 1. The molecule has 2 aromatic rings. The van der Waals surface area contributed by atoms with Crippen LogP contribution in [-0.2, 0) is 34.0 Å². The van der Waals surface area contributed by atoms with Crippen LogP contribution in [0.3, 0.4) is 0 Å². The number of nitrogens with zero attached hydrogens (tertiary/aromatic N) is 2. The Hall–Kier alpha value is -3.68. The van der Waals surface area contributed by atoms with Crippen molar-refractivity contribution in [2.45, 2.75) is 39.9 Å². The average molecular weight is 450 g/mol. The highest BCUT2D eigenvalue weighted by Crippen LogP contribution is 2.33. The molecule has 0 aromatic heterocycles. The number of benzene rings is 2. The molecule has 1 N–H and O–H groups in total. The lowest BCUT2D eigenvalue weighted by atomic mass is 9.84. The van der Waals surface area contributed by atoms with E-state index in [0.717, 1.165) is 16.7 Å². The minimum Gasteiger partial charge on any atom is -0.497 e. The number of hydrogen-bond acceptors (Lipinski definition) is 5. The molecule has 0 bridgehead atoms. The minimum atomic E-state index is -1.28. The number of ether oxygens (including phenoxy) is 1. The largest absolute Gasteiger partial charge is 0.497 e. The zero-order valence-electron chi connectivity index (χ0n) is 19.0. The second-order valence-corrected chi connectivity index (χ2v) is 8.95. The molecule has 1 atom stereocenters. The third kappa shape index (κ3) is 4.46. The number of carbonyl (C=O) groups excluding carboxylic acids is 4. The Morgan fingerprint density at radius 2 is 1.70 bits per heavy atom. The van der Waals surface area contributed by atoms with Crippen molar-refractivity contribution in [1.29, 1.82) is 0 Å². The molecule has 0 fully saturated rings. The van der Waals surface area contributed by atoms with Crippen LogP contribution in [0, 0.1) is 5.41 Å². The lowest BCUT2D eigenvalue weighted by Gasteiger charge is -2.33. The lowest BCUT2D eigenvalue weighted by molar-refractivity contribution is -0.143. The smallest absolute Gasteiger partial charge is 0.254 e. The van der Waals surface area contributed by atoms with Gasteiger partial charge in [-0.05, 0) is 35.7 Å². The number of fused-ring (bicyclic) bond motifs is 2. The van der Waals surface area contributed by atoms with E-state index in [4.69, 9.17) is 4.74 Å². The molecule has 33 heavy (non-hydrogen) atoms. The van der Waals surface area contributed by atoms with E-state index in [-0.39, 0.29) is 24.8 Å². The van der Waals surface area contributed by atoms with Crippen molar-refractivity contribution >= 4 is 23.6 Å². The first-order chi connectivity index (χ1) is 15.7. The molecule has 2 aliphatic rings. The van der Waals surface area contributed by atoms with E-state index in [0.29, 0.717) is 30.9 Å². The van der Waals surface area contributed by atoms with Crippen molar-refractivity contribution in [2.24, 2.45) is 5.41 Å². The van der Waals surface area contributed by atoms with Gasteiger partial charge < -0.3 is 14.5 Å². The van der Waals surface area contributed by atoms with Crippen LogP contribution in [0.25, 0.3) is 0 Å². The zero-order valence-corrected chi connectivity index (χ0v) is 19.0. The van der Waals surface area contributed by atoms with Gasteiger partial charge in [0.25, 0.3) is 5.91 Å². The summed E-state index contributed by atoms with van der Waals surface area (Å²) in [6, 6.07) is 13.1. The third-order valence-electron chi connectivity index (χ3n) is 6.31. The van der Waals surface area contributed by atoms with E-state index in [9.17, 15) is 19.2 Å². The van der Waals surface area contributed by atoms with E-state index in [2.05, 4.69) is 5.32 Å². The Kier molecular flexibility index (Phi) is 5.93. The predicted molar refractivity (Wildman–Crippen MR) is 120 cm³/mol. The fourth-order valence-corrected chi connectivity index (χ4v) is 4.49. The van der Waals surface area contributed by atoms with E-state index >= 15 is 0 Å². The first kappa shape index (κ1) is 22.5. The molecule has 0 aliphatic carbocycles. The third-order valence-corrected chi connectivity index (χ3v) is 6.31. The van der Waals surface area contributed by atoms with Crippen molar-refractivity contribution in [1.82, 2.24) is 15.1 Å². The van der Waals surface area contributed by atoms with Crippen molar-refractivity contribution in [2.75, 3.05) is 13.7 Å². The predicted octanol–water partition coefficient (Wildman–Crippen LogP) is 2.25. The fourth-order valence-electron chi connectivity index (χ4n) is 4.49. The molecule has 172 valence electrons. The van der Waals surface area contributed by atoms with Gasteiger partial charge in [0, 0.05) is 45.1 Å². The molecule has 1 unspecified atom stereocenters. The van der Waals surface area contributed by atoms with Crippen LogP contribution in [-0.4, -0.2) is 47.1 Å². The Morgan fingerprint density at radius 3 is 2.30 bits per heavy atom. The summed E-state index contributed by atoms with van der Waals surface area (Å²) in [4.78, 5) is 54.2. The number of imide groups is 1. The van der Waals surface area contributed by atoms with Crippen LogP contribution in [0.4, 0.5) is 0 Å². The van der Waals surface area contributed by atoms with Crippen LogP contribution < -0.4 is 10.1 Å². The normalized spacial score (nSPS) is 16.2. The first-order valence-electron chi connectivity index (χ1n) is 10.8. The number of hydrogen-bond donors (Lipinski definition) is 1. The molecule has 0 spiro atoms. The van der Waals surface area contributed by atoms with Crippen molar-refractivity contribution in [3.05, 3.63) is 64.7 Å². The number of amides is 4. The molecule has 8 heteroatoms. The topological polar surface area (TPSA) is 96.0 Å². The van der Waals surface area contributed by atoms with Gasteiger partial charge in [0.2, 0.25) is 17.7 Å². The maximum atomic E-state index is 13.2. The van der Waals surface area contributed by atoms with Crippen molar-refractivity contribution in [3.63, 3.8) is 0 Å². The maximum Gasteiger partial charge on any atom is 0.254 e. The van der Waals surface area contributed by atoms with Crippen molar-refractivity contribution in [3.8, 4) is 5.75 Å². The first-order valence-corrected chi connectivity index (χ1v) is 10.8. The van der Waals surface area contributed by atoms with Gasteiger partial charge in [-0.1, -0.05) is 30.3 Å². The van der Waals surface area contributed by atoms with E-state index in [1.807, 2.05) is 30.3 Å². The zero-order chi connectivity index (χ0) is 23.8. The summed E-state index contributed by atoms with van der Waals surface area (Å²) >= 11 is 0. The van der Waals surface area contributed by atoms with Gasteiger partial charge in [0.15, 0.2) is 0 Å². The van der Waals surface area contributed by atoms with Crippen LogP contribution in [0.2, 0.25) is 0 Å². The van der Waals surface area contributed by atoms with Gasteiger partial charge in [-0.25, -0.2) is 0 Å². The molecule has 2 heterocycles. The molecule has 8 nitrogen and oxygen atoms in total. The molecule has 0 radical (unpaired) electrons. The highest BCUT2D eigenvalue weighted by Gasteiger charge is 2.42. The average Bonchev–Trinajstić information content (AvgIpc) is 3.34. The Labute approximate surface area is 192 Å². The van der Waals surface area contributed by atoms with Crippen LogP contribution >= 0.6 is 0 Å². The SMILES string of the molecule is COc1ccc2c(c1)C(=O)N(CC(C)(CC(=O)N1Cc3ccccc3C1)C(=O)NC(C)=O)C2. The summed E-state index contributed by atoms with van der Waals surface area (Å²) in [7, 11) is 1.53. The van der Waals surface area contributed by atoms with Gasteiger partial charge in [-0.15, -0.1) is 0 Å².